The molecule has 4 N–H and O–H groups in total. The highest BCUT2D eigenvalue weighted by Gasteiger charge is 2.16. The summed E-state index contributed by atoms with van der Waals surface area (Å²) < 4.78 is 0. The summed E-state index contributed by atoms with van der Waals surface area (Å²) in [6, 6.07) is 1.35. The topological polar surface area (TPSA) is 83.5 Å². The Balaban J connectivity index is 3.53. The van der Waals surface area contributed by atoms with Gasteiger partial charge in [-0.15, -0.1) is 0 Å². The molecule has 0 fully saturated rings. The van der Waals surface area contributed by atoms with E-state index in [1.807, 2.05) is 0 Å². The highest BCUT2D eigenvalue weighted by molar-refractivity contribution is 5.94. The minimum atomic E-state index is -1.17. The van der Waals surface area contributed by atoms with Gasteiger partial charge in [0.15, 0.2) is 0 Å². The number of nitrogen functional groups attached to an aromatic ring is 1. The van der Waals surface area contributed by atoms with Crippen LogP contribution in [0.5, 0.6) is 5.75 Å². The number of phenols is 1. The van der Waals surface area contributed by atoms with Crippen LogP contribution in [0.1, 0.15) is 21.5 Å². The average Bonchev–Trinajstić information content (AvgIpc) is 1.99. The van der Waals surface area contributed by atoms with Gasteiger partial charge in [-0.3, -0.25) is 0 Å². The van der Waals surface area contributed by atoms with Crippen molar-refractivity contribution in [3.05, 3.63) is 22.8 Å². The van der Waals surface area contributed by atoms with Crippen LogP contribution in [0.2, 0.25) is 0 Å². The molecule has 4 nitrogen and oxygen atoms in total. The van der Waals surface area contributed by atoms with Crippen LogP contribution in [0.25, 0.3) is 0 Å². The maximum absolute atomic E-state index is 10.7. The summed E-state index contributed by atoms with van der Waals surface area (Å²) in [6.45, 7) is 3.29. The number of rotatable bonds is 1. The van der Waals surface area contributed by atoms with Gasteiger partial charge in [0.1, 0.15) is 11.3 Å². The minimum absolute atomic E-state index is 0.122. The first kappa shape index (κ1) is 9.38. The third kappa shape index (κ3) is 1.42. The number of aromatic hydroxyl groups is 1. The molecule has 1 aromatic carbocycles. The number of hydrogen-bond acceptors (Lipinski definition) is 3. The molecule has 0 aliphatic carbocycles. The monoisotopic (exact) mass is 181 g/mol. The van der Waals surface area contributed by atoms with E-state index in [2.05, 4.69) is 0 Å². The summed E-state index contributed by atoms with van der Waals surface area (Å²) >= 11 is 0. The van der Waals surface area contributed by atoms with Crippen LogP contribution in [0.15, 0.2) is 6.07 Å². The maximum Gasteiger partial charge on any atom is 0.339 e. The molecule has 1 aromatic rings. The lowest BCUT2D eigenvalue weighted by molar-refractivity contribution is 0.0693. The lowest BCUT2D eigenvalue weighted by Gasteiger charge is -2.09. The van der Waals surface area contributed by atoms with Gasteiger partial charge in [0.2, 0.25) is 0 Å². The zero-order chi connectivity index (χ0) is 10.2. The Morgan fingerprint density at radius 3 is 2.46 bits per heavy atom. The van der Waals surface area contributed by atoms with Crippen molar-refractivity contribution in [1.29, 1.82) is 0 Å². The SMILES string of the molecule is Cc1cc(O)c(C(=O)O)c(C)c1N. The summed E-state index contributed by atoms with van der Waals surface area (Å²) in [7, 11) is 0. The minimum Gasteiger partial charge on any atom is -0.507 e. The molecule has 4 heteroatoms. The normalized spacial score (nSPS) is 10.0. The first-order valence-electron chi connectivity index (χ1n) is 3.77. The molecule has 0 heterocycles. The van der Waals surface area contributed by atoms with Gasteiger partial charge >= 0.3 is 5.97 Å². The van der Waals surface area contributed by atoms with E-state index in [0.29, 0.717) is 16.8 Å². The van der Waals surface area contributed by atoms with E-state index in [4.69, 9.17) is 10.8 Å². The lowest BCUT2D eigenvalue weighted by Crippen LogP contribution is -2.04. The molecule has 0 amide bonds. The zero-order valence-electron chi connectivity index (χ0n) is 7.46. The highest BCUT2D eigenvalue weighted by atomic mass is 16.4. The van der Waals surface area contributed by atoms with Crippen molar-refractivity contribution in [3.8, 4) is 5.75 Å². The van der Waals surface area contributed by atoms with E-state index in [1.54, 1.807) is 13.8 Å². The molecule has 0 atom stereocenters. The molecule has 0 saturated heterocycles. The van der Waals surface area contributed by atoms with Crippen molar-refractivity contribution in [2.45, 2.75) is 13.8 Å². The second kappa shape index (κ2) is 2.97. The summed E-state index contributed by atoms with van der Waals surface area (Å²) in [6.07, 6.45) is 0. The summed E-state index contributed by atoms with van der Waals surface area (Å²) in [5.74, 6) is -1.40. The third-order valence-corrected chi connectivity index (χ3v) is 2.03. The third-order valence-electron chi connectivity index (χ3n) is 2.03. The number of carboxylic acid groups (broad SMARTS) is 1. The molecule has 0 aliphatic heterocycles. The predicted octanol–water partition coefficient (Wildman–Crippen LogP) is 1.29. The smallest absolute Gasteiger partial charge is 0.339 e. The fraction of sp³-hybridized carbons (Fsp3) is 0.222. The molecule has 0 saturated carbocycles. The molecule has 70 valence electrons. The molecule has 0 spiro atoms. The molecule has 0 unspecified atom stereocenters. The Hall–Kier alpha value is -1.71. The largest absolute Gasteiger partial charge is 0.507 e. The molecule has 0 radical (unpaired) electrons. The number of nitrogens with two attached hydrogens (primary N) is 1. The fourth-order valence-electron chi connectivity index (χ4n) is 1.25. The van der Waals surface area contributed by atoms with Crippen LogP contribution in [0.4, 0.5) is 5.69 Å². The quantitative estimate of drug-likeness (QED) is 0.450. The molecule has 0 aromatic heterocycles. The molecular formula is C9H11NO3. The first-order valence-corrected chi connectivity index (χ1v) is 3.77. The van der Waals surface area contributed by atoms with Gasteiger partial charge in [0, 0.05) is 5.69 Å². The van der Waals surface area contributed by atoms with E-state index in [1.165, 1.54) is 6.07 Å². The number of anilines is 1. The van der Waals surface area contributed by atoms with Gasteiger partial charge in [0.05, 0.1) is 0 Å². The first-order chi connectivity index (χ1) is 5.95. The van der Waals surface area contributed by atoms with E-state index < -0.39 is 5.97 Å². The van der Waals surface area contributed by atoms with Crippen LogP contribution in [0, 0.1) is 13.8 Å². The van der Waals surface area contributed by atoms with Gasteiger partial charge < -0.3 is 15.9 Å². The zero-order valence-corrected chi connectivity index (χ0v) is 7.46. The Labute approximate surface area is 75.6 Å². The highest BCUT2D eigenvalue weighted by Crippen LogP contribution is 2.28. The second-order valence-corrected chi connectivity index (χ2v) is 2.93. The van der Waals surface area contributed by atoms with Gasteiger partial charge in [-0.1, -0.05) is 0 Å². The van der Waals surface area contributed by atoms with E-state index >= 15 is 0 Å². The Kier molecular flexibility index (Phi) is 2.14. The molecule has 1 rings (SSSR count). The molecule has 0 bridgehead atoms. The van der Waals surface area contributed by atoms with Crippen LogP contribution in [-0.4, -0.2) is 16.2 Å². The summed E-state index contributed by atoms with van der Waals surface area (Å²) in [4.78, 5) is 10.7. The molecule has 0 aliphatic rings. The van der Waals surface area contributed by atoms with E-state index in [-0.39, 0.29) is 11.3 Å². The van der Waals surface area contributed by atoms with E-state index in [0.717, 1.165) is 0 Å². The fourth-order valence-corrected chi connectivity index (χ4v) is 1.25. The van der Waals surface area contributed by atoms with Crippen molar-refractivity contribution >= 4 is 11.7 Å². The second-order valence-electron chi connectivity index (χ2n) is 2.93. The Bertz CT molecular complexity index is 372. The van der Waals surface area contributed by atoms with E-state index in [9.17, 15) is 9.90 Å². The van der Waals surface area contributed by atoms with Gasteiger partial charge in [-0.2, -0.15) is 0 Å². The van der Waals surface area contributed by atoms with Crippen molar-refractivity contribution < 1.29 is 15.0 Å². The summed E-state index contributed by atoms with van der Waals surface area (Å²) in [5.41, 5.74) is 6.99. The number of aromatic carboxylic acids is 1. The standard InChI is InChI=1S/C9H11NO3/c1-4-3-6(11)7(9(12)13)5(2)8(4)10/h3,11H,10H2,1-2H3,(H,12,13). The van der Waals surface area contributed by atoms with Crippen molar-refractivity contribution in [1.82, 2.24) is 0 Å². The van der Waals surface area contributed by atoms with Crippen molar-refractivity contribution in [3.63, 3.8) is 0 Å². The predicted molar refractivity (Wildman–Crippen MR) is 49.0 cm³/mol. The van der Waals surface area contributed by atoms with Crippen LogP contribution in [0.3, 0.4) is 0 Å². The maximum atomic E-state index is 10.7. The molecule has 13 heavy (non-hydrogen) atoms. The van der Waals surface area contributed by atoms with Crippen molar-refractivity contribution in [2.75, 3.05) is 5.73 Å². The van der Waals surface area contributed by atoms with Gasteiger partial charge in [0.25, 0.3) is 0 Å². The number of carbonyl (C=O) groups is 1. The van der Waals surface area contributed by atoms with Crippen LogP contribution >= 0.6 is 0 Å². The van der Waals surface area contributed by atoms with Crippen molar-refractivity contribution in [2.24, 2.45) is 0 Å². The number of aryl methyl sites for hydroxylation is 1. The van der Waals surface area contributed by atoms with Gasteiger partial charge in [-0.05, 0) is 31.0 Å². The average molecular weight is 181 g/mol. The van der Waals surface area contributed by atoms with Crippen LogP contribution in [-0.2, 0) is 0 Å². The molecular weight excluding hydrogens is 170 g/mol. The van der Waals surface area contributed by atoms with Gasteiger partial charge in [-0.25, -0.2) is 4.79 Å². The van der Waals surface area contributed by atoms with Crippen LogP contribution < -0.4 is 5.73 Å². The number of benzene rings is 1. The summed E-state index contributed by atoms with van der Waals surface area (Å²) in [5, 5.41) is 18.1. The lowest BCUT2D eigenvalue weighted by atomic mass is 10.0. The number of carboxylic acids is 1. The Morgan fingerprint density at radius 2 is 2.00 bits per heavy atom. The Morgan fingerprint density at radius 1 is 1.46 bits per heavy atom. The number of hydrogen-bond donors (Lipinski definition) is 3.